The quantitative estimate of drug-likeness (QED) is 0.487. The molecule has 0 spiro atoms. The Labute approximate surface area is 80.7 Å². The molecule has 0 rings (SSSR count). The number of aliphatic hydroxyl groups is 1. The minimum Gasteiger partial charge on any atom is -0.389 e. The molecule has 2 unspecified atom stereocenters. The summed E-state index contributed by atoms with van der Waals surface area (Å²) in [6.45, 7) is 4.17. The van der Waals surface area contributed by atoms with Crippen LogP contribution in [0.3, 0.4) is 0 Å². The summed E-state index contributed by atoms with van der Waals surface area (Å²) in [6, 6.07) is 0. The Bertz CT molecular complexity index is 152. The second-order valence-corrected chi connectivity index (χ2v) is 3.44. The van der Waals surface area contributed by atoms with E-state index in [1.807, 2.05) is 6.92 Å². The molecule has 76 valence electrons. The van der Waals surface area contributed by atoms with Crippen molar-refractivity contribution in [3.05, 3.63) is 12.2 Å². The number of aliphatic hydroxyl groups excluding tert-OH is 1. The van der Waals surface area contributed by atoms with Gasteiger partial charge in [-0.3, -0.25) is 0 Å². The highest BCUT2D eigenvalue weighted by Crippen LogP contribution is 2.13. The first kappa shape index (κ1) is 12.4. The number of allylic oxidation sites excluding steroid dienone is 1. The van der Waals surface area contributed by atoms with E-state index < -0.39 is 6.10 Å². The zero-order chi connectivity index (χ0) is 10.1. The van der Waals surface area contributed by atoms with Crippen LogP contribution in [0, 0.1) is 5.92 Å². The largest absolute Gasteiger partial charge is 0.389 e. The summed E-state index contributed by atoms with van der Waals surface area (Å²) >= 11 is 0. The summed E-state index contributed by atoms with van der Waals surface area (Å²) in [7, 11) is 0. The van der Waals surface area contributed by atoms with Gasteiger partial charge in [-0.2, -0.15) is 0 Å². The van der Waals surface area contributed by atoms with Crippen LogP contribution in [0.15, 0.2) is 12.2 Å². The third-order valence-electron chi connectivity index (χ3n) is 2.16. The summed E-state index contributed by atoms with van der Waals surface area (Å²) < 4.78 is 0. The molecule has 0 saturated carbocycles. The van der Waals surface area contributed by atoms with Gasteiger partial charge in [-0.1, -0.05) is 38.8 Å². The smallest absolute Gasteiger partial charge is 0.123 e. The van der Waals surface area contributed by atoms with Crippen LogP contribution in [0.4, 0.5) is 0 Å². The highest BCUT2D eigenvalue weighted by molar-refractivity contribution is 5.51. The van der Waals surface area contributed by atoms with Crippen LogP contribution in [-0.4, -0.2) is 17.5 Å². The van der Waals surface area contributed by atoms with E-state index in [1.165, 1.54) is 0 Å². The Balaban J connectivity index is 3.67. The number of unbranched alkanes of at least 4 members (excludes halogenated alkanes) is 1. The van der Waals surface area contributed by atoms with E-state index in [4.69, 9.17) is 0 Å². The van der Waals surface area contributed by atoms with E-state index in [0.717, 1.165) is 25.5 Å². The molecule has 0 aliphatic carbocycles. The van der Waals surface area contributed by atoms with Gasteiger partial charge >= 0.3 is 0 Å². The molecule has 0 aromatic carbocycles. The van der Waals surface area contributed by atoms with E-state index in [9.17, 15) is 9.90 Å². The molecule has 0 aliphatic heterocycles. The molecule has 2 nitrogen and oxygen atoms in total. The van der Waals surface area contributed by atoms with Crippen LogP contribution < -0.4 is 0 Å². The summed E-state index contributed by atoms with van der Waals surface area (Å²) in [4.78, 5) is 10.00. The van der Waals surface area contributed by atoms with Crippen LogP contribution >= 0.6 is 0 Å². The van der Waals surface area contributed by atoms with E-state index in [-0.39, 0.29) is 0 Å². The van der Waals surface area contributed by atoms with Gasteiger partial charge in [-0.05, 0) is 12.3 Å². The molecule has 0 fully saturated rings. The van der Waals surface area contributed by atoms with Crippen molar-refractivity contribution in [3.63, 3.8) is 0 Å². The third kappa shape index (κ3) is 6.52. The van der Waals surface area contributed by atoms with Gasteiger partial charge in [-0.15, -0.1) is 0 Å². The van der Waals surface area contributed by atoms with Crippen molar-refractivity contribution in [2.24, 2.45) is 5.92 Å². The lowest BCUT2D eigenvalue weighted by Gasteiger charge is -2.14. The van der Waals surface area contributed by atoms with Gasteiger partial charge < -0.3 is 9.90 Å². The van der Waals surface area contributed by atoms with E-state index in [2.05, 4.69) is 6.92 Å². The van der Waals surface area contributed by atoms with Gasteiger partial charge in [0.25, 0.3) is 0 Å². The first-order valence-electron chi connectivity index (χ1n) is 5.00. The summed E-state index contributed by atoms with van der Waals surface area (Å²) in [5.74, 6) is 0.294. The first-order chi connectivity index (χ1) is 6.22. The lowest BCUT2D eigenvalue weighted by atomic mass is 9.98. The van der Waals surface area contributed by atoms with E-state index in [0.29, 0.717) is 12.3 Å². The Morgan fingerprint density at radius 1 is 1.46 bits per heavy atom. The molecule has 0 heterocycles. The average molecular weight is 184 g/mol. The molecular formula is C11H20O2. The predicted octanol–water partition coefficient (Wildman–Crippen LogP) is 2.32. The van der Waals surface area contributed by atoms with Gasteiger partial charge in [0.1, 0.15) is 6.29 Å². The highest BCUT2D eigenvalue weighted by Gasteiger charge is 2.09. The second-order valence-electron chi connectivity index (χ2n) is 3.44. The fourth-order valence-corrected chi connectivity index (χ4v) is 1.16. The number of aldehydes is 1. The molecule has 0 amide bonds. The van der Waals surface area contributed by atoms with Crippen LogP contribution in [0.5, 0.6) is 0 Å². The average Bonchev–Trinajstić information content (AvgIpc) is 2.14. The van der Waals surface area contributed by atoms with E-state index >= 15 is 0 Å². The van der Waals surface area contributed by atoms with Gasteiger partial charge in [0.05, 0.1) is 6.10 Å². The zero-order valence-corrected chi connectivity index (χ0v) is 8.57. The Kier molecular flexibility index (Phi) is 7.60. The molecule has 0 bridgehead atoms. The second kappa shape index (κ2) is 7.99. The lowest BCUT2D eigenvalue weighted by Crippen LogP contribution is -2.14. The van der Waals surface area contributed by atoms with Crippen LogP contribution in [0.1, 0.15) is 39.5 Å². The molecule has 1 N–H and O–H groups in total. The topological polar surface area (TPSA) is 37.3 Å². The van der Waals surface area contributed by atoms with Gasteiger partial charge in [0, 0.05) is 6.42 Å². The number of rotatable bonds is 7. The number of carbonyl (C=O) groups is 1. The molecule has 0 radical (unpaired) electrons. The summed E-state index contributed by atoms with van der Waals surface area (Å²) in [5.41, 5.74) is 0. The molecule has 2 heteroatoms. The van der Waals surface area contributed by atoms with Crippen molar-refractivity contribution in [3.8, 4) is 0 Å². The number of carbonyl (C=O) groups excluding carboxylic acids is 1. The Morgan fingerprint density at radius 2 is 2.15 bits per heavy atom. The Morgan fingerprint density at radius 3 is 2.69 bits per heavy atom. The fraction of sp³-hybridized carbons (Fsp3) is 0.727. The zero-order valence-electron chi connectivity index (χ0n) is 8.57. The molecule has 0 aromatic heterocycles. The van der Waals surface area contributed by atoms with Gasteiger partial charge in [0.15, 0.2) is 0 Å². The Hall–Kier alpha value is -0.630. The monoisotopic (exact) mass is 184 g/mol. The maximum absolute atomic E-state index is 10.00. The minimum absolute atomic E-state index is 0.294. The summed E-state index contributed by atoms with van der Waals surface area (Å²) in [6.07, 6.45) is 7.64. The van der Waals surface area contributed by atoms with Crippen molar-refractivity contribution in [1.82, 2.24) is 0 Å². The molecule has 0 aliphatic rings. The highest BCUT2D eigenvalue weighted by atomic mass is 16.3. The van der Waals surface area contributed by atoms with Crippen molar-refractivity contribution >= 4 is 6.29 Å². The van der Waals surface area contributed by atoms with Gasteiger partial charge in [-0.25, -0.2) is 0 Å². The molecular weight excluding hydrogens is 164 g/mol. The molecule has 0 aromatic rings. The molecule has 13 heavy (non-hydrogen) atoms. The van der Waals surface area contributed by atoms with E-state index in [1.54, 1.807) is 12.2 Å². The standard InChI is InChI=1S/C11H20O2/c1-3-4-7-10(2)11(13)8-5-6-9-12/h5,8-11,13H,3-4,6-7H2,1-2H3/b8-5+. The van der Waals surface area contributed by atoms with Gasteiger partial charge in [0.2, 0.25) is 0 Å². The normalized spacial score (nSPS) is 15.9. The van der Waals surface area contributed by atoms with Crippen LogP contribution in [-0.2, 0) is 4.79 Å². The predicted molar refractivity (Wildman–Crippen MR) is 54.5 cm³/mol. The lowest BCUT2D eigenvalue weighted by molar-refractivity contribution is -0.107. The fourth-order valence-electron chi connectivity index (χ4n) is 1.16. The molecule has 0 saturated heterocycles. The molecule has 2 atom stereocenters. The minimum atomic E-state index is -0.397. The van der Waals surface area contributed by atoms with Crippen molar-refractivity contribution < 1.29 is 9.90 Å². The number of hydrogen-bond donors (Lipinski definition) is 1. The number of hydrogen-bond acceptors (Lipinski definition) is 2. The van der Waals surface area contributed by atoms with Crippen molar-refractivity contribution in [2.75, 3.05) is 0 Å². The maximum atomic E-state index is 10.00. The maximum Gasteiger partial charge on any atom is 0.123 e. The van der Waals surface area contributed by atoms with Crippen molar-refractivity contribution in [1.29, 1.82) is 0 Å². The third-order valence-corrected chi connectivity index (χ3v) is 2.16. The first-order valence-corrected chi connectivity index (χ1v) is 5.00. The van der Waals surface area contributed by atoms with Crippen molar-refractivity contribution in [2.45, 2.75) is 45.6 Å². The van der Waals surface area contributed by atoms with Crippen LogP contribution in [0.2, 0.25) is 0 Å². The summed E-state index contributed by atoms with van der Waals surface area (Å²) in [5, 5.41) is 9.57. The SMILES string of the molecule is CCCCC(C)C(O)/C=C/CC=O. The van der Waals surface area contributed by atoms with Crippen LogP contribution in [0.25, 0.3) is 0 Å².